The molecule has 2 amide bonds. The van der Waals surface area contributed by atoms with Crippen LogP contribution >= 0.6 is 0 Å². The number of carbonyl (C=O) groups is 2. The quantitative estimate of drug-likeness (QED) is 0.609. The van der Waals surface area contributed by atoms with Crippen LogP contribution in [0, 0.1) is 0 Å². The molecule has 1 aromatic heterocycles. The molecule has 0 saturated carbocycles. The predicted octanol–water partition coefficient (Wildman–Crippen LogP) is 3.64. The topological polar surface area (TPSA) is 78.5 Å². The molecule has 2 fully saturated rings. The van der Waals surface area contributed by atoms with Gasteiger partial charge in [-0.1, -0.05) is 12.1 Å². The number of ether oxygens (including phenoxy) is 2. The monoisotopic (exact) mass is 509 g/mol. The van der Waals surface area contributed by atoms with E-state index >= 15 is 0 Å². The lowest BCUT2D eigenvalue weighted by Gasteiger charge is -2.40. The van der Waals surface area contributed by atoms with Gasteiger partial charge in [-0.2, -0.15) is 0 Å². The van der Waals surface area contributed by atoms with Crippen LogP contribution in [-0.2, 0) is 16.0 Å². The Morgan fingerprint density at radius 3 is 2.35 bits per heavy atom. The van der Waals surface area contributed by atoms with Crippen molar-refractivity contribution in [2.45, 2.75) is 45.9 Å². The minimum atomic E-state index is -0.493. The molecule has 2 saturated heterocycles. The lowest BCUT2D eigenvalue weighted by Crippen LogP contribution is -2.54. The molecule has 0 unspecified atom stereocenters. The number of amides is 2. The molecule has 9 nitrogen and oxygen atoms in total. The van der Waals surface area contributed by atoms with Crippen molar-refractivity contribution in [3.8, 4) is 0 Å². The van der Waals surface area contributed by atoms with Gasteiger partial charge in [0.1, 0.15) is 11.4 Å². The molecule has 0 radical (unpaired) electrons. The van der Waals surface area contributed by atoms with E-state index < -0.39 is 5.60 Å². The van der Waals surface area contributed by atoms with Crippen LogP contribution in [0.15, 0.2) is 42.6 Å². The molecule has 9 heteroatoms. The third-order valence-electron chi connectivity index (χ3n) is 6.70. The highest BCUT2D eigenvalue weighted by Crippen LogP contribution is 2.21. The molecule has 3 heterocycles. The van der Waals surface area contributed by atoms with E-state index in [0.717, 1.165) is 44.2 Å². The second-order valence-electron chi connectivity index (χ2n) is 10.8. The first-order valence-electron chi connectivity index (χ1n) is 13.0. The Morgan fingerprint density at radius 2 is 1.76 bits per heavy atom. The maximum atomic E-state index is 13.0. The number of rotatable bonds is 5. The Morgan fingerprint density at radius 1 is 1.05 bits per heavy atom. The van der Waals surface area contributed by atoms with Gasteiger partial charge in [0.05, 0.1) is 18.8 Å². The van der Waals surface area contributed by atoms with E-state index in [9.17, 15) is 9.59 Å². The first-order chi connectivity index (χ1) is 17.6. The van der Waals surface area contributed by atoms with Crippen molar-refractivity contribution >= 4 is 23.5 Å². The number of aromatic nitrogens is 1. The van der Waals surface area contributed by atoms with Gasteiger partial charge in [0.2, 0.25) is 0 Å². The van der Waals surface area contributed by atoms with E-state index in [1.54, 1.807) is 18.1 Å². The summed E-state index contributed by atoms with van der Waals surface area (Å²) in [6.07, 6.45) is 1.40. The molecule has 0 N–H and O–H groups in total. The molecule has 2 aliphatic rings. The van der Waals surface area contributed by atoms with Crippen molar-refractivity contribution in [3.05, 3.63) is 53.7 Å². The normalized spacial score (nSPS) is 19.0. The summed E-state index contributed by atoms with van der Waals surface area (Å²) >= 11 is 0. The van der Waals surface area contributed by atoms with Crippen LogP contribution in [0.4, 0.5) is 16.3 Å². The minimum Gasteiger partial charge on any atom is -0.444 e. The number of pyridine rings is 1. The van der Waals surface area contributed by atoms with Crippen molar-refractivity contribution < 1.29 is 19.1 Å². The second kappa shape index (κ2) is 11.5. The first kappa shape index (κ1) is 26.9. The Bertz CT molecular complexity index is 1060. The van der Waals surface area contributed by atoms with E-state index in [-0.39, 0.29) is 18.0 Å². The fourth-order valence-corrected chi connectivity index (χ4v) is 4.65. The predicted molar refractivity (Wildman–Crippen MR) is 144 cm³/mol. The maximum absolute atomic E-state index is 13.0. The van der Waals surface area contributed by atoms with E-state index in [1.165, 1.54) is 5.56 Å². The van der Waals surface area contributed by atoms with Gasteiger partial charge >= 0.3 is 6.09 Å². The fraction of sp³-hybridized carbons (Fsp3) is 0.536. The van der Waals surface area contributed by atoms with Crippen LogP contribution in [0.5, 0.6) is 0 Å². The van der Waals surface area contributed by atoms with Gasteiger partial charge in [0.15, 0.2) is 0 Å². The highest BCUT2D eigenvalue weighted by molar-refractivity contribution is 6.05. The number of piperazine rings is 1. The highest BCUT2D eigenvalue weighted by atomic mass is 16.6. The van der Waals surface area contributed by atoms with E-state index in [1.807, 2.05) is 49.9 Å². The summed E-state index contributed by atoms with van der Waals surface area (Å²) in [4.78, 5) is 38.0. The summed E-state index contributed by atoms with van der Waals surface area (Å²) in [5, 5.41) is 0. The number of anilines is 2. The van der Waals surface area contributed by atoms with Crippen LogP contribution in [0.3, 0.4) is 0 Å². The van der Waals surface area contributed by atoms with Crippen LogP contribution in [-0.4, -0.2) is 91.4 Å². The lowest BCUT2D eigenvalue weighted by atomic mass is 10.1. The number of benzene rings is 1. The van der Waals surface area contributed by atoms with Crippen molar-refractivity contribution in [3.63, 3.8) is 0 Å². The average Bonchev–Trinajstić information content (AvgIpc) is 2.88. The molecule has 200 valence electrons. The third-order valence-corrected chi connectivity index (χ3v) is 6.70. The molecule has 4 rings (SSSR count). The number of hydrogen-bond acceptors (Lipinski definition) is 7. The zero-order valence-electron chi connectivity index (χ0n) is 22.6. The van der Waals surface area contributed by atoms with Crippen molar-refractivity contribution in [2.75, 3.05) is 62.8 Å². The lowest BCUT2D eigenvalue weighted by molar-refractivity contribution is 0.000551. The summed E-state index contributed by atoms with van der Waals surface area (Å²) in [6.45, 7) is 13.7. The van der Waals surface area contributed by atoms with Crippen molar-refractivity contribution in [2.24, 2.45) is 0 Å². The SMILES string of the molecule is C[C@H]1CN(Cc2ccc(N(C)C(=O)c3ccc(N4CCOCC4)nc3)cc2)CCN1C(=O)OC(C)(C)C. The smallest absolute Gasteiger partial charge is 0.410 e. The Labute approximate surface area is 219 Å². The van der Waals surface area contributed by atoms with E-state index in [0.29, 0.717) is 25.3 Å². The van der Waals surface area contributed by atoms with Gasteiger partial charge in [-0.15, -0.1) is 0 Å². The number of nitrogens with zero attached hydrogens (tertiary/aromatic N) is 5. The van der Waals surface area contributed by atoms with Gasteiger partial charge in [0, 0.05) is 64.2 Å². The molecule has 0 bridgehead atoms. The van der Waals surface area contributed by atoms with Gasteiger partial charge < -0.3 is 24.2 Å². The third kappa shape index (κ3) is 6.99. The second-order valence-corrected chi connectivity index (χ2v) is 10.8. The van der Waals surface area contributed by atoms with Crippen LogP contribution in [0.25, 0.3) is 0 Å². The summed E-state index contributed by atoms with van der Waals surface area (Å²) in [7, 11) is 1.78. The van der Waals surface area contributed by atoms with E-state index in [4.69, 9.17) is 9.47 Å². The largest absolute Gasteiger partial charge is 0.444 e. The maximum Gasteiger partial charge on any atom is 0.410 e. The van der Waals surface area contributed by atoms with Crippen molar-refractivity contribution in [1.29, 1.82) is 0 Å². The molecule has 1 aromatic carbocycles. The van der Waals surface area contributed by atoms with Gasteiger partial charge in [-0.3, -0.25) is 9.69 Å². The summed E-state index contributed by atoms with van der Waals surface area (Å²) in [5.74, 6) is 0.772. The van der Waals surface area contributed by atoms with Crippen molar-refractivity contribution in [1.82, 2.24) is 14.8 Å². The zero-order valence-corrected chi connectivity index (χ0v) is 22.6. The molecule has 37 heavy (non-hydrogen) atoms. The summed E-state index contributed by atoms with van der Waals surface area (Å²) in [5.41, 5.74) is 2.06. The standard InChI is InChI=1S/C28H39N5O4/c1-21-19-31(12-13-33(21)27(35)37-28(2,3)4)20-22-6-9-24(10-7-22)30(5)26(34)23-8-11-25(29-18-23)32-14-16-36-17-15-32/h6-11,18,21H,12-17,19-20H2,1-5H3/t21-/m0/s1. The van der Waals surface area contributed by atoms with Gasteiger partial charge in [0.25, 0.3) is 5.91 Å². The molecular weight excluding hydrogens is 470 g/mol. The minimum absolute atomic E-state index is 0.0786. The Hall–Kier alpha value is -3.17. The van der Waals surface area contributed by atoms with Crippen LogP contribution in [0.2, 0.25) is 0 Å². The number of carbonyl (C=O) groups excluding carboxylic acids is 2. The van der Waals surface area contributed by atoms with Crippen LogP contribution < -0.4 is 9.80 Å². The Kier molecular flexibility index (Phi) is 8.34. The molecule has 1 atom stereocenters. The van der Waals surface area contributed by atoms with Gasteiger partial charge in [-0.05, 0) is 57.5 Å². The summed E-state index contributed by atoms with van der Waals surface area (Å²) < 4.78 is 10.9. The average molecular weight is 510 g/mol. The molecule has 0 aliphatic carbocycles. The van der Waals surface area contributed by atoms with E-state index in [2.05, 4.69) is 33.8 Å². The number of hydrogen-bond donors (Lipinski definition) is 0. The number of morpholine rings is 1. The zero-order chi connectivity index (χ0) is 26.6. The van der Waals surface area contributed by atoms with Gasteiger partial charge in [-0.25, -0.2) is 9.78 Å². The Balaban J connectivity index is 1.30. The van der Waals surface area contributed by atoms with Crippen LogP contribution in [0.1, 0.15) is 43.6 Å². The first-order valence-corrected chi connectivity index (χ1v) is 13.0. The fourth-order valence-electron chi connectivity index (χ4n) is 4.65. The molecule has 2 aromatic rings. The molecule has 0 spiro atoms. The summed E-state index contributed by atoms with van der Waals surface area (Å²) in [6, 6.07) is 11.9. The molecule has 2 aliphatic heterocycles. The highest BCUT2D eigenvalue weighted by Gasteiger charge is 2.30. The molecular formula is C28H39N5O4.